The average molecular weight is 375 g/mol. The van der Waals surface area contributed by atoms with Crippen LogP contribution in [0.1, 0.15) is 44.6 Å². The maximum absolute atomic E-state index is 11.4. The number of halogens is 1. The number of carbonyl (C=O) groups excluding carboxylic acids is 1. The summed E-state index contributed by atoms with van der Waals surface area (Å²) in [6, 6.07) is 21.8. The molecule has 0 spiro atoms. The Morgan fingerprint density at radius 1 is 1.00 bits per heavy atom. The predicted octanol–water partition coefficient (Wildman–Crippen LogP) is 4.17. The molecule has 27 heavy (non-hydrogen) atoms. The number of rotatable bonds is 2. The van der Waals surface area contributed by atoms with Crippen molar-refractivity contribution in [2.24, 2.45) is 5.92 Å². The second-order valence-corrected chi connectivity index (χ2v) is 7.75. The normalized spacial score (nSPS) is 22.3. The van der Waals surface area contributed by atoms with Crippen molar-refractivity contribution < 1.29 is 9.90 Å². The van der Waals surface area contributed by atoms with Crippen LogP contribution in [0.25, 0.3) is 0 Å². The molecular formula is C23H17ClNO2-. The Bertz CT molecular complexity index is 1060. The number of benzene rings is 3. The summed E-state index contributed by atoms with van der Waals surface area (Å²) in [5.74, 6) is -0.691. The van der Waals surface area contributed by atoms with Gasteiger partial charge in [0.05, 0.1) is 12.0 Å². The smallest absolute Gasteiger partial charge is 0.0715 e. The van der Waals surface area contributed by atoms with E-state index in [2.05, 4.69) is 35.6 Å². The van der Waals surface area contributed by atoms with Crippen molar-refractivity contribution in [2.75, 3.05) is 5.32 Å². The summed E-state index contributed by atoms with van der Waals surface area (Å²) in [6.45, 7) is 0. The monoisotopic (exact) mass is 374 g/mol. The number of carboxylic acid groups (broad SMARTS) is 1. The molecule has 0 unspecified atom stereocenters. The lowest BCUT2D eigenvalue weighted by molar-refractivity contribution is -0.255. The van der Waals surface area contributed by atoms with E-state index in [1.54, 1.807) is 12.1 Å². The zero-order chi connectivity index (χ0) is 18.5. The first kappa shape index (κ1) is 16.4. The second-order valence-electron chi connectivity index (χ2n) is 7.31. The summed E-state index contributed by atoms with van der Waals surface area (Å²) in [5, 5.41) is 15.8. The van der Waals surface area contributed by atoms with Crippen LogP contribution in [0.3, 0.4) is 0 Å². The van der Waals surface area contributed by atoms with Gasteiger partial charge < -0.3 is 15.2 Å². The molecule has 3 aromatic rings. The molecule has 0 amide bonds. The first-order valence-electron chi connectivity index (χ1n) is 9.07. The Morgan fingerprint density at radius 2 is 1.85 bits per heavy atom. The lowest BCUT2D eigenvalue weighted by Gasteiger charge is -2.38. The molecule has 0 radical (unpaired) electrons. The molecule has 3 nitrogen and oxygen atoms in total. The summed E-state index contributed by atoms with van der Waals surface area (Å²) < 4.78 is 0. The summed E-state index contributed by atoms with van der Waals surface area (Å²) in [7, 11) is 0. The molecule has 0 aromatic heterocycles. The van der Waals surface area contributed by atoms with Crippen molar-refractivity contribution >= 4 is 23.3 Å². The van der Waals surface area contributed by atoms with E-state index in [0.29, 0.717) is 5.92 Å². The highest BCUT2D eigenvalue weighted by atomic mass is 35.5. The Kier molecular flexibility index (Phi) is 3.73. The van der Waals surface area contributed by atoms with Gasteiger partial charge in [0.15, 0.2) is 0 Å². The van der Waals surface area contributed by atoms with Crippen LogP contribution < -0.4 is 10.4 Å². The van der Waals surface area contributed by atoms with E-state index in [9.17, 15) is 9.90 Å². The third-order valence-corrected chi connectivity index (χ3v) is 6.08. The molecular weight excluding hydrogens is 358 g/mol. The van der Waals surface area contributed by atoms with Crippen molar-refractivity contribution in [3.63, 3.8) is 0 Å². The molecule has 2 aliphatic rings. The van der Waals surface area contributed by atoms with Gasteiger partial charge in [-0.2, -0.15) is 0 Å². The molecule has 3 aromatic carbocycles. The topological polar surface area (TPSA) is 52.2 Å². The van der Waals surface area contributed by atoms with Gasteiger partial charge in [-0.3, -0.25) is 0 Å². The molecule has 4 heteroatoms. The molecule has 5 rings (SSSR count). The molecule has 1 heterocycles. The second kappa shape index (κ2) is 6.14. The summed E-state index contributed by atoms with van der Waals surface area (Å²) in [6.07, 6.45) is 0.944. The standard InChI is InChI=1S/C23H18ClNO2/c24-16-6-3-5-14(10-16)22-19-11-13-4-1-2-7-17(13)21(19)18-12-15(23(26)27)8-9-20(18)25-22/h1-10,12,19,21-22,25H,11H2,(H,26,27)/p-1/t19-,21-,22+/m0/s1. The fourth-order valence-corrected chi connectivity index (χ4v) is 4.92. The van der Waals surface area contributed by atoms with E-state index in [4.69, 9.17) is 11.6 Å². The van der Waals surface area contributed by atoms with Crippen LogP contribution in [-0.2, 0) is 6.42 Å². The van der Waals surface area contributed by atoms with Crippen LogP contribution in [0.15, 0.2) is 66.7 Å². The molecule has 0 saturated carbocycles. The van der Waals surface area contributed by atoms with Gasteiger partial charge >= 0.3 is 0 Å². The number of hydrogen-bond acceptors (Lipinski definition) is 3. The lowest BCUT2D eigenvalue weighted by Crippen LogP contribution is -2.31. The van der Waals surface area contributed by atoms with Crippen LogP contribution in [0.2, 0.25) is 5.02 Å². The predicted molar refractivity (Wildman–Crippen MR) is 104 cm³/mol. The first-order chi connectivity index (χ1) is 13.1. The Balaban J connectivity index is 1.69. The number of nitrogens with one attached hydrogen (secondary N) is 1. The molecule has 0 fully saturated rings. The molecule has 1 aliphatic carbocycles. The van der Waals surface area contributed by atoms with E-state index in [0.717, 1.165) is 28.3 Å². The fraction of sp³-hybridized carbons (Fsp3) is 0.174. The SMILES string of the molecule is O=C([O-])c1ccc2c(c1)[C@@H]1c3ccccc3C[C@@H]1[C@@H](c1cccc(Cl)c1)N2. The van der Waals surface area contributed by atoms with E-state index < -0.39 is 5.97 Å². The Hall–Kier alpha value is -2.78. The van der Waals surface area contributed by atoms with Gasteiger partial charge in [0, 0.05) is 16.6 Å². The molecule has 1 aliphatic heterocycles. The average Bonchev–Trinajstić information content (AvgIpc) is 3.06. The van der Waals surface area contributed by atoms with Crippen LogP contribution in [0.5, 0.6) is 0 Å². The zero-order valence-corrected chi connectivity index (χ0v) is 15.2. The van der Waals surface area contributed by atoms with Crippen LogP contribution >= 0.6 is 11.6 Å². The van der Waals surface area contributed by atoms with Crippen LogP contribution in [0, 0.1) is 5.92 Å². The van der Waals surface area contributed by atoms with Crippen LogP contribution in [-0.4, -0.2) is 5.97 Å². The van der Waals surface area contributed by atoms with E-state index >= 15 is 0 Å². The Labute approximate surface area is 162 Å². The van der Waals surface area contributed by atoms with Crippen molar-refractivity contribution in [3.8, 4) is 0 Å². The number of fused-ring (bicyclic) bond motifs is 5. The van der Waals surface area contributed by atoms with E-state index in [-0.39, 0.29) is 17.5 Å². The van der Waals surface area contributed by atoms with E-state index in [1.807, 2.05) is 24.3 Å². The first-order valence-corrected chi connectivity index (χ1v) is 9.45. The largest absolute Gasteiger partial charge is 0.545 e. The van der Waals surface area contributed by atoms with Crippen molar-refractivity contribution in [2.45, 2.75) is 18.4 Å². The number of aromatic carboxylic acids is 1. The highest BCUT2D eigenvalue weighted by molar-refractivity contribution is 6.30. The number of carboxylic acids is 1. The van der Waals surface area contributed by atoms with Crippen LogP contribution in [0.4, 0.5) is 5.69 Å². The number of hydrogen-bond donors (Lipinski definition) is 1. The number of anilines is 1. The van der Waals surface area contributed by atoms with Gasteiger partial charge in [-0.05, 0) is 64.4 Å². The quantitative estimate of drug-likeness (QED) is 0.732. The zero-order valence-electron chi connectivity index (χ0n) is 14.5. The van der Waals surface area contributed by atoms with Crippen molar-refractivity contribution in [1.29, 1.82) is 0 Å². The molecule has 3 atom stereocenters. The maximum atomic E-state index is 11.4. The lowest BCUT2D eigenvalue weighted by atomic mass is 9.75. The van der Waals surface area contributed by atoms with Gasteiger partial charge in [-0.25, -0.2) is 0 Å². The molecule has 1 N–H and O–H groups in total. The molecule has 134 valence electrons. The van der Waals surface area contributed by atoms with Gasteiger partial charge in [-0.1, -0.05) is 54.1 Å². The van der Waals surface area contributed by atoms with Gasteiger partial charge in [-0.15, -0.1) is 0 Å². The Morgan fingerprint density at radius 3 is 2.67 bits per heavy atom. The van der Waals surface area contributed by atoms with Gasteiger partial charge in [0.1, 0.15) is 0 Å². The maximum Gasteiger partial charge on any atom is 0.0715 e. The highest BCUT2D eigenvalue weighted by Crippen LogP contribution is 2.53. The third kappa shape index (κ3) is 2.62. The minimum atomic E-state index is -1.14. The summed E-state index contributed by atoms with van der Waals surface area (Å²) in [4.78, 5) is 11.4. The van der Waals surface area contributed by atoms with Gasteiger partial charge in [0.25, 0.3) is 0 Å². The minimum absolute atomic E-state index is 0.113. The molecule has 0 bridgehead atoms. The van der Waals surface area contributed by atoms with Crippen molar-refractivity contribution in [3.05, 3.63) is 99.6 Å². The minimum Gasteiger partial charge on any atom is -0.545 e. The van der Waals surface area contributed by atoms with E-state index in [1.165, 1.54) is 11.1 Å². The van der Waals surface area contributed by atoms with Gasteiger partial charge in [0.2, 0.25) is 0 Å². The third-order valence-electron chi connectivity index (χ3n) is 5.84. The number of carbonyl (C=O) groups is 1. The highest BCUT2D eigenvalue weighted by Gasteiger charge is 2.43. The van der Waals surface area contributed by atoms with Crippen molar-refractivity contribution in [1.82, 2.24) is 0 Å². The fourth-order valence-electron chi connectivity index (χ4n) is 4.72. The molecule has 0 saturated heterocycles. The summed E-state index contributed by atoms with van der Waals surface area (Å²) >= 11 is 6.25. The summed E-state index contributed by atoms with van der Waals surface area (Å²) in [5.41, 5.74) is 5.99.